The highest BCUT2D eigenvalue weighted by molar-refractivity contribution is 5.89. The second-order valence-corrected chi connectivity index (χ2v) is 4.00. The van der Waals surface area contributed by atoms with Gasteiger partial charge in [-0.05, 0) is 26.0 Å². The lowest BCUT2D eigenvalue weighted by molar-refractivity contribution is -0.136. The van der Waals surface area contributed by atoms with Gasteiger partial charge in [0.1, 0.15) is 5.82 Å². The van der Waals surface area contributed by atoms with Gasteiger partial charge in [-0.3, -0.25) is 0 Å². The molecular weight excluding hydrogens is 249 g/mol. The van der Waals surface area contributed by atoms with Crippen LogP contribution in [-0.4, -0.2) is 28.3 Å². The van der Waals surface area contributed by atoms with Gasteiger partial charge in [-0.1, -0.05) is 0 Å². The molecule has 1 unspecified atom stereocenters. The Hall–Kier alpha value is -1.79. The summed E-state index contributed by atoms with van der Waals surface area (Å²) < 4.78 is 36.4. The van der Waals surface area contributed by atoms with Crippen molar-refractivity contribution in [1.29, 1.82) is 0 Å². The second kappa shape index (κ2) is 5.24. The van der Waals surface area contributed by atoms with Crippen molar-refractivity contribution >= 4 is 11.8 Å². The van der Waals surface area contributed by atoms with E-state index in [1.807, 2.05) is 0 Å². The number of pyridine rings is 1. The van der Waals surface area contributed by atoms with Crippen molar-refractivity contribution in [2.75, 3.05) is 5.32 Å². The number of nitrogens with one attached hydrogen (secondary N) is 1. The van der Waals surface area contributed by atoms with Gasteiger partial charge in [0, 0.05) is 6.04 Å². The van der Waals surface area contributed by atoms with Gasteiger partial charge >= 0.3 is 12.1 Å². The Labute approximate surface area is 102 Å². The number of carbonyl (C=O) groups is 1. The van der Waals surface area contributed by atoms with Crippen LogP contribution in [0.15, 0.2) is 12.1 Å². The van der Waals surface area contributed by atoms with Crippen LogP contribution in [0.5, 0.6) is 0 Å². The topological polar surface area (TPSA) is 62.2 Å². The van der Waals surface area contributed by atoms with Gasteiger partial charge in [0.25, 0.3) is 0 Å². The van der Waals surface area contributed by atoms with Crippen molar-refractivity contribution in [3.05, 3.63) is 23.4 Å². The first kappa shape index (κ1) is 14.3. The third-order valence-electron chi connectivity index (χ3n) is 2.25. The summed E-state index contributed by atoms with van der Waals surface area (Å²) in [5, 5.41) is 11.4. The zero-order valence-electron chi connectivity index (χ0n) is 9.88. The lowest BCUT2D eigenvalue weighted by Gasteiger charge is -2.16. The molecule has 0 aromatic carbocycles. The van der Waals surface area contributed by atoms with Gasteiger partial charge in [-0.25, -0.2) is 9.78 Å². The van der Waals surface area contributed by atoms with Crippen LogP contribution >= 0.6 is 0 Å². The van der Waals surface area contributed by atoms with E-state index in [2.05, 4.69) is 10.3 Å². The van der Waals surface area contributed by atoms with E-state index in [1.165, 1.54) is 26.0 Å². The zero-order chi connectivity index (χ0) is 13.9. The molecule has 7 heteroatoms. The van der Waals surface area contributed by atoms with Crippen molar-refractivity contribution < 1.29 is 23.1 Å². The molecule has 2 N–H and O–H groups in total. The third kappa shape index (κ3) is 4.23. The molecule has 0 aliphatic heterocycles. The molecule has 0 spiro atoms. The Bertz CT molecular complexity index is 446. The van der Waals surface area contributed by atoms with Crippen LogP contribution in [0, 0.1) is 6.92 Å². The number of hydrogen-bond acceptors (Lipinski definition) is 3. The number of anilines is 1. The van der Waals surface area contributed by atoms with Gasteiger partial charge in [0.05, 0.1) is 17.7 Å². The molecule has 0 saturated carbocycles. The minimum Gasteiger partial charge on any atom is -0.478 e. The summed E-state index contributed by atoms with van der Waals surface area (Å²) in [4.78, 5) is 14.6. The molecule has 0 aliphatic rings. The van der Waals surface area contributed by atoms with Gasteiger partial charge in [-0.2, -0.15) is 13.2 Å². The number of aromatic nitrogens is 1. The summed E-state index contributed by atoms with van der Waals surface area (Å²) in [5.74, 6) is -0.885. The summed E-state index contributed by atoms with van der Waals surface area (Å²) in [7, 11) is 0. The average Bonchev–Trinajstić information content (AvgIpc) is 2.13. The Balaban J connectivity index is 2.75. The lowest BCUT2D eigenvalue weighted by atomic mass is 10.2. The maximum absolute atomic E-state index is 12.1. The van der Waals surface area contributed by atoms with Crippen LogP contribution in [0.2, 0.25) is 0 Å². The lowest BCUT2D eigenvalue weighted by Crippen LogP contribution is -2.24. The van der Waals surface area contributed by atoms with Crippen molar-refractivity contribution in [3.63, 3.8) is 0 Å². The highest BCUT2D eigenvalue weighted by Crippen LogP contribution is 2.23. The van der Waals surface area contributed by atoms with E-state index in [1.54, 1.807) is 0 Å². The number of aryl methyl sites for hydroxylation is 1. The van der Waals surface area contributed by atoms with E-state index in [9.17, 15) is 18.0 Å². The van der Waals surface area contributed by atoms with Crippen LogP contribution in [-0.2, 0) is 0 Å². The quantitative estimate of drug-likeness (QED) is 0.875. The van der Waals surface area contributed by atoms with Crippen molar-refractivity contribution in [1.82, 2.24) is 4.98 Å². The summed E-state index contributed by atoms with van der Waals surface area (Å²) in [6.45, 7) is 2.87. The summed E-state index contributed by atoms with van der Waals surface area (Å²) in [6.07, 6.45) is -5.23. The van der Waals surface area contributed by atoms with E-state index in [-0.39, 0.29) is 17.1 Å². The molecule has 4 nitrogen and oxygen atoms in total. The van der Waals surface area contributed by atoms with Gasteiger partial charge in [0.15, 0.2) is 0 Å². The molecule has 100 valence electrons. The second-order valence-electron chi connectivity index (χ2n) is 4.00. The molecular formula is C11H13F3N2O2. The Kier molecular flexibility index (Phi) is 4.15. The molecule has 0 radical (unpaired) electrons. The number of nitrogens with zero attached hydrogens (tertiary/aromatic N) is 1. The largest absolute Gasteiger partial charge is 0.478 e. The molecule has 0 amide bonds. The summed E-state index contributed by atoms with van der Waals surface area (Å²) in [5.41, 5.74) is 0.288. The molecule has 1 aromatic rings. The van der Waals surface area contributed by atoms with Crippen LogP contribution in [0.25, 0.3) is 0 Å². The zero-order valence-corrected chi connectivity index (χ0v) is 9.88. The monoisotopic (exact) mass is 262 g/mol. The Morgan fingerprint density at radius 1 is 1.50 bits per heavy atom. The molecule has 1 aromatic heterocycles. The predicted molar refractivity (Wildman–Crippen MR) is 59.7 cm³/mol. The molecule has 0 saturated heterocycles. The number of rotatable bonds is 4. The number of hydrogen-bond donors (Lipinski definition) is 2. The fourth-order valence-corrected chi connectivity index (χ4v) is 1.52. The first-order valence-corrected chi connectivity index (χ1v) is 5.23. The fourth-order valence-electron chi connectivity index (χ4n) is 1.52. The number of carboxylic acids is 1. The van der Waals surface area contributed by atoms with Gasteiger partial charge in [-0.15, -0.1) is 0 Å². The summed E-state index contributed by atoms with van der Waals surface area (Å²) in [6, 6.07) is 1.84. The minimum atomic E-state index is -4.25. The minimum absolute atomic E-state index is 0.0315. The van der Waals surface area contributed by atoms with E-state index in [0.29, 0.717) is 0 Å². The predicted octanol–water partition coefficient (Wildman–Crippen LogP) is 2.84. The van der Waals surface area contributed by atoms with Crippen LogP contribution in [0.3, 0.4) is 0 Å². The number of halogens is 3. The molecule has 0 aliphatic carbocycles. The van der Waals surface area contributed by atoms with Crippen molar-refractivity contribution in [2.45, 2.75) is 32.5 Å². The molecule has 1 heterocycles. The highest BCUT2D eigenvalue weighted by Gasteiger charge is 2.30. The van der Waals surface area contributed by atoms with Crippen molar-refractivity contribution in [3.8, 4) is 0 Å². The van der Waals surface area contributed by atoms with E-state index in [0.717, 1.165) is 0 Å². The normalized spacial score (nSPS) is 13.2. The number of carboxylic acid groups (broad SMARTS) is 1. The van der Waals surface area contributed by atoms with Crippen LogP contribution in [0.1, 0.15) is 29.4 Å². The number of alkyl halides is 3. The standard InChI is InChI=1S/C11H13F3N2O2/c1-6(5-11(12,13)14)15-9-4-3-8(10(17)18)7(2)16-9/h3-4,6H,5H2,1-2H3,(H,15,16)(H,17,18). The molecule has 1 atom stereocenters. The van der Waals surface area contributed by atoms with Gasteiger partial charge in [0.2, 0.25) is 0 Å². The molecule has 0 bridgehead atoms. The molecule has 18 heavy (non-hydrogen) atoms. The SMILES string of the molecule is Cc1nc(NC(C)CC(F)(F)F)ccc1C(=O)O. The fraction of sp³-hybridized carbons (Fsp3) is 0.455. The van der Waals surface area contributed by atoms with Crippen molar-refractivity contribution in [2.24, 2.45) is 0 Å². The maximum Gasteiger partial charge on any atom is 0.391 e. The first-order chi connectivity index (χ1) is 8.19. The third-order valence-corrected chi connectivity index (χ3v) is 2.25. The number of aromatic carboxylic acids is 1. The first-order valence-electron chi connectivity index (χ1n) is 5.23. The Morgan fingerprint density at radius 2 is 2.11 bits per heavy atom. The van der Waals surface area contributed by atoms with E-state index < -0.39 is 24.6 Å². The Morgan fingerprint density at radius 3 is 2.56 bits per heavy atom. The van der Waals surface area contributed by atoms with Gasteiger partial charge < -0.3 is 10.4 Å². The maximum atomic E-state index is 12.1. The van der Waals surface area contributed by atoms with E-state index in [4.69, 9.17) is 5.11 Å². The average molecular weight is 262 g/mol. The van der Waals surface area contributed by atoms with Crippen LogP contribution < -0.4 is 5.32 Å². The highest BCUT2D eigenvalue weighted by atomic mass is 19.4. The smallest absolute Gasteiger partial charge is 0.391 e. The molecule has 1 rings (SSSR count). The van der Waals surface area contributed by atoms with Crippen LogP contribution in [0.4, 0.5) is 19.0 Å². The molecule has 0 fully saturated rings. The summed E-state index contributed by atoms with van der Waals surface area (Å²) >= 11 is 0. The van der Waals surface area contributed by atoms with E-state index >= 15 is 0 Å².